The van der Waals surface area contributed by atoms with Crippen LogP contribution in [0.15, 0.2) is 72.9 Å². The molecule has 0 saturated heterocycles. The summed E-state index contributed by atoms with van der Waals surface area (Å²) >= 11 is 0. The van der Waals surface area contributed by atoms with Gasteiger partial charge in [0.25, 0.3) is 5.91 Å². The number of ether oxygens (including phenoxy) is 3. The van der Waals surface area contributed by atoms with Crippen LogP contribution in [0.1, 0.15) is 34.3 Å². The molecular weight excluding hydrogens is 416 g/mol. The van der Waals surface area contributed by atoms with Crippen molar-refractivity contribution in [2.75, 3.05) is 27.4 Å². The number of benzene rings is 3. The summed E-state index contributed by atoms with van der Waals surface area (Å²) in [6.07, 6.45) is 2.01. The van der Waals surface area contributed by atoms with Crippen molar-refractivity contribution in [3.8, 4) is 17.2 Å². The van der Waals surface area contributed by atoms with E-state index in [0.717, 1.165) is 22.0 Å². The van der Waals surface area contributed by atoms with E-state index in [0.29, 0.717) is 36.0 Å². The Kier molecular flexibility index (Phi) is 6.83. The first kappa shape index (κ1) is 22.3. The molecule has 0 aliphatic heterocycles. The fourth-order valence-electron chi connectivity index (χ4n) is 4.09. The zero-order valence-corrected chi connectivity index (χ0v) is 19.1. The van der Waals surface area contributed by atoms with Gasteiger partial charge in [0.05, 0.1) is 26.4 Å². The van der Waals surface area contributed by atoms with Gasteiger partial charge in [-0.25, -0.2) is 0 Å². The number of H-pyrrole nitrogens is 1. The number of carbonyl (C=O) groups excluding carboxylic acids is 1. The molecule has 0 bridgehead atoms. The molecule has 0 radical (unpaired) electrons. The average Bonchev–Trinajstić information content (AvgIpc) is 3.28. The van der Waals surface area contributed by atoms with Gasteiger partial charge in [0.1, 0.15) is 5.75 Å². The smallest absolute Gasteiger partial charge is 0.255 e. The summed E-state index contributed by atoms with van der Waals surface area (Å²) in [5, 5.41) is 4.21. The molecule has 170 valence electrons. The third kappa shape index (κ3) is 4.65. The summed E-state index contributed by atoms with van der Waals surface area (Å²) in [5.41, 5.74) is 3.66. The Morgan fingerprint density at radius 1 is 0.939 bits per heavy atom. The SMILES string of the molecule is CCOc1ccc([C@@H](CNC(=O)c2ccccc2OC)c2c[nH]c3ccccc23)cc1OC. The van der Waals surface area contributed by atoms with E-state index < -0.39 is 0 Å². The van der Waals surface area contributed by atoms with Crippen LogP contribution in [0, 0.1) is 0 Å². The lowest BCUT2D eigenvalue weighted by molar-refractivity contribution is 0.0949. The highest BCUT2D eigenvalue weighted by Gasteiger charge is 2.22. The third-order valence-corrected chi connectivity index (χ3v) is 5.70. The normalized spacial score (nSPS) is 11.7. The van der Waals surface area contributed by atoms with E-state index in [1.54, 1.807) is 26.4 Å². The van der Waals surface area contributed by atoms with Crippen molar-refractivity contribution in [1.82, 2.24) is 10.3 Å². The van der Waals surface area contributed by atoms with Gasteiger partial charge in [-0.05, 0) is 48.4 Å². The summed E-state index contributed by atoms with van der Waals surface area (Å²) in [6, 6.07) is 21.3. The number of nitrogens with one attached hydrogen (secondary N) is 2. The molecule has 6 heteroatoms. The summed E-state index contributed by atoms with van der Waals surface area (Å²) in [5.74, 6) is 1.61. The average molecular weight is 445 g/mol. The van der Waals surface area contributed by atoms with E-state index >= 15 is 0 Å². The molecule has 4 aromatic rings. The summed E-state index contributed by atoms with van der Waals surface area (Å²) in [4.78, 5) is 16.4. The fraction of sp³-hybridized carbons (Fsp3) is 0.222. The number of fused-ring (bicyclic) bond motifs is 1. The third-order valence-electron chi connectivity index (χ3n) is 5.70. The summed E-state index contributed by atoms with van der Waals surface area (Å²) in [7, 11) is 3.19. The van der Waals surface area contributed by atoms with E-state index in [1.807, 2.05) is 61.7 Å². The Balaban J connectivity index is 1.70. The van der Waals surface area contributed by atoms with Crippen LogP contribution in [-0.2, 0) is 0 Å². The molecule has 1 aromatic heterocycles. The van der Waals surface area contributed by atoms with E-state index in [1.165, 1.54) is 0 Å². The van der Waals surface area contributed by atoms with Crippen LogP contribution in [0.2, 0.25) is 0 Å². The number of rotatable bonds is 9. The van der Waals surface area contributed by atoms with Crippen LogP contribution in [0.25, 0.3) is 10.9 Å². The van der Waals surface area contributed by atoms with Crippen molar-refractivity contribution in [2.24, 2.45) is 0 Å². The zero-order valence-electron chi connectivity index (χ0n) is 19.1. The number of carbonyl (C=O) groups is 1. The number of aromatic amines is 1. The van der Waals surface area contributed by atoms with Crippen LogP contribution in [-0.4, -0.2) is 38.3 Å². The monoisotopic (exact) mass is 444 g/mol. The second-order valence-corrected chi connectivity index (χ2v) is 7.60. The number of methoxy groups -OCH3 is 2. The lowest BCUT2D eigenvalue weighted by Crippen LogP contribution is -2.29. The second kappa shape index (κ2) is 10.1. The quantitative estimate of drug-likeness (QED) is 0.375. The zero-order chi connectivity index (χ0) is 23.2. The molecule has 1 amide bonds. The molecular formula is C27H28N2O4. The highest BCUT2D eigenvalue weighted by atomic mass is 16.5. The van der Waals surface area contributed by atoms with E-state index in [4.69, 9.17) is 14.2 Å². The van der Waals surface area contributed by atoms with Crippen LogP contribution in [0.3, 0.4) is 0 Å². The second-order valence-electron chi connectivity index (χ2n) is 7.60. The molecule has 4 rings (SSSR count). The van der Waals surface area contributed by atoms with E-state index in [-0.39, 0.29) is 11.8 Å². The maximum absolute atomic E-state index is 13.0. The van der Waals surface area contributed by atoms with Gasteiger partial charge in [-0.2, -0.15) is 0 Å². The molecule has 1 heterocycles. The molecule has 0 fully saturated rings. The minimum absolute atomic E-state index is 0.107. The van der Waals surface area contributed by atoms with Gasteiger partial charge in [0.15, 0.2) is 11.5 Å². The predicted octanol–water partition coefficient (Wildman–Crippen LogP) is 5.15. The minimum Gasteiger partial charge on any atom is -0.496 e. The molecule has 0 aliphatic rings. The largest absolute Gasteiger partial charge is 0.496 e. The Hall–Kier alpha value is -3.93. The Morgan fingerprint density at radius 2 is 1.70 bits per heavy atom. The minimum atomic E-state index is -0.185. The highest BCUT2D eigenvalue weighted by Crippen LogP contribution is 2.36. The molecule has 3 aromatic carbocycles. The van der Waals surface area contributed by atoms with Gasteiger partial charge >= 0.3 is 0 Å². The maximum Gasteiger partial charge on any atom is 0.255 e. The first-order valence-corrected chi connectivity index (χ1v) is 10.9. The molecule has 0 unspecified atom stereocenters. The van der Waals surface area contributed by atoms with Crippen molar-refractivity contribution in [3.63, 3.8) is 0 Å². The van der Waals surface area contributed by atoms with Crippen LogP contribution >= 0.6 is 0 Å². The van der Waals surface area contributed by atoms with Gasteiger partial charge in [-0.3, -0.25) is 4.79 Å². The number of aromatic nitrogens is 1. The molecule has 0 saturated carbocycles. The van der Waals surface area contributed by atoms with E-state index in [9.17, 15) is 4.79 Å². The fourth-order valence-corrected chi connectivity index (χ4v) is 4.09. The van der Waals surface area contributed by atoms with Crippen molar-refractivity contribution in [1.29, 1.82) is 0 Å². The van der Waals surface area contributed by atoms with Crippen molar-refractivity contribution >= 4 is 16.8 Å². The standard InChI is InChI=1S/C27H28N2O4/c1-4-33-25-14-13-18(15-26(25)32-3)21(22-17-28-23-11-7-5-9-19(22)23)16-29-27(30)20-10-6-8-12-24(20)31-2/h5-15,17,21,28H,4,16H2,1-3H3,(H,29,30)/t21-/m1/s1. The molecule has 6 nitrogen and oxygen atoms in total. The Labute approximate surface area is 193 Å². The van der Waals surface area contributed by atoms with Gasteiger partial charge in [-0.15, -0.1) is 0 Å². The number of para-hydroxylation sites is 2. The lowest BCUT2D eigenvalue weighted by atomic mass is 9.90. The van der Waals surface area contributed by atoms with Gasteiger partial charge in [0, 0.05) is 29.6 Å². The highest BCUT2D eigenvalue weighted by molar-refractivity contribution is 5.97. The van der Waals surface area contributed by atoms with E-state index in [2.05, 4.69) is 16.4 Å². The molecule has 0 aliphatic carbocycles. The molecule has 2 N–H and O–H groups in total. The summed E-state index contributed by atoms with van der Waals surface area (Å²) < 4.78 is 16.6. The van der Waals surface area contributed by atoms with Gasteiger partial charge < -0.3 is 24.5 Å². The molecule has 1 atom stereocenters. The van der Waals surface area contributed by atoms with Crippen LogP contribution < -0.4 is 19.5 Å². The first-order valence-electron chi connectivity index (χ1n) is 10.9. The number of hydrogen-bond acceptors (Lipinski definition) is 4. The van der Waals surface area contributed by atoms with Crippen molar-refractivity contribution in [3.05, 3.63) is 89.6 Å². The van der Waals surface area contributed by atoms with Gasteiger partial charge in [0.2, 0.25) is 0 Å². The number of hydrogen-bond donors (Lipinski definition) is 2. The van der Waals surface area contributed by atoms with Gasteiger partial charge in [-0.1, -0.05) is 36.4 Å². The predicted molar refractivity (Wildman–Crippen MR) is 130 cm³/mol. The van der Waals surface area contributed by atoms with Crippen molar-refractivity contribution < 1.29 is 19.0 Å². The molecule has 0 spiro atoms. The Morgan fingerprint density at radius 3 is 2.48 bits per heavy atom. The summed E-state index contributed by atoms with van der Waals surface area (Å²) in [6.45, 7) is 2.89. The maximum atomic E-state index is 13.0. The van der Waals surface area contributed by atoms with Crippen molar-refractivity contribution in [2.45, 2.75) is 12.8 Å². The first-order chi connectivity index (χ1) is 16.2. The number of amides is 1. The lowest BCUT2D eigenvalue weighted by Gasteiger charge is -2.20. The molecule has 33 heavy (non-hydrogen) atoms. The Bertz CT molecular complexity index is 1250. The topological polar surface area (TPSA) is 72.6 Å². The van der Waals surface area contributed by atoms with Crippen LogP contribution in [0.5, 0.6) is 17.2 Å². The van der Waals surface area contributed by atoms with Crippen LogP contribution in [0.4, 0.5) is 0 Å².